The Balaban J connectivity index is 2.17. The molecule has 1 heterocycles. The minimum atomic E-state index is -0.419. The Hall–Kier alpha value is -1.37. The highest BCUT2D eigenvalue weighted by atomic mass is 35.5. The van der Waals surface area contributed by atoms with Crippen molar-refractivity contribution in [2.24, 2.45) is 0 Å². The molecule has 0 amide bonds. The van der Waals surface area contributed by atoms with Gasteiger partial charge in [-0.2, -0.15) is 0 Å². The van der Waals surface area contributed by atoms with Crippen molar-refractivity contribution in [1.29, 1.82) is 0 Å². The Kier molecular flexibility index (Phi) is 4.57. The van der Waals surface area contributed by atoms with Gasteiger partial charge in [0.15, 0.2) is 0 Å². The van der Waals surface area contributed by atoms with Gasteiger partial charge in [-0.15, -0.1) is 0 Å². The van der Waals surface area contributed by atoms with Crippen molar-refractivity contribution in [3.05, 3.63) is 33.3 Å². The summed E-state index contributed by atoms with van der Waals surface area (Å²) in [4.78, 5) is 12.4. The lowest BCUT2D eigenvalue weighted by Crippen LogP contribution is -2.44. The normalized spacial score (nSPS) is 19.2. The molecule has 0 saturated carbocycles. The lowest BCUT2D eigenvalue weighted by molar-refractivity contribution is -0.384. The largest absolute Gasteiger partial charge is 0.374 e. The summed E-state index contributed by atoms with van der Waals surface area (Å²) < 4.78 is 5.59. The molecule has 6 nitrogen and oxygen atoms in total. The van der Waals surface area contributed by atoms with Crippen LogP contribution in [-0.4, -0.2) is 44.3 Å². The van der Waals surface area contributed by atoms with Crippen molar-refractivity contribution < 1.29 is 9.66 Å². The van der Waals surface area contributed by atoms with E-state index < -0.39 is 4.92 Å². The van der Waals surface area contributed by atoms with Gasteiger partial charge >= 0.3 is 0 Å². The van der Waals surface area contributed by atoms with Crippen LogP contribution in [0, 0.1) is 10.1 Å². The molecule has 1 N–H and O–H groups in total. The molecular weight excluding hydrogens is 270 g/mol. The van der Waals surface area contributed by atoms with E-state index in [9.17, 15) is 10.1 Å². The number of nitrogens with one attached hydrogen (secondary N) is 1. The first kappa shape index (κ1) is 14.0. The van der Waals surface area contributed by atoms with Crippen molar-refractivity contribution in [3.63, 3.8) is 0 Å². The Bertz CT molecular complexity index is 464. The fourth-order valence-corrected chi connectivity index (χ4v) is 2.48. The summed E-state index contributed by atoms with van der Waals surface area (Å²) in [7, 11) is 1.78. The van der Waals surface area contributed by atoms with E-state index in [0.717, 1.165) is 13.1 Å². The van der Waals surface area contributed by atoms with Gasteiger partial charge in [0.2, 0.25) is 0 Å². The van der Waals surface area contributed by atoms with Gasteiger partial charge in [-0.1, -0.05) is 17.7 Å². The number of benzene rings is 1. The van der Waals surface area contributed by atoms with Gasteiger partial charge in [0.05, 0.1) is 22.7 Å². The molecule has 0 aliphatic carbocycles. The predicted molar refractivity (Wildman–Crippen MR) is 74.0 cm³/mol. The standard InChI is InChI=1S/C12H16ClN3O3/c1-15(8-9-7-14-5-6-19-9)12-10(13)3-2-4-11(12)16(17)18/h2-4,9,14H,5-8H2,1H3. The number of anilines is 1. The zero-order valence-electron chi connectivity index (χ0n) is 10.6. The minimum absolute atomic E-state index is 0.00891. The number of hydrogen-bond donors (Lipinski definition) is 1. The Morgan fingerprint density at radius 1 is 1.63 bits per heavy atom. The third-order valence-electron chi connectivity index (χ3n) is 3.03. The first-order valence-corrected chi connectivity index (χ1v) is 6.43. The fourth-order valence-electron chi connectivity index (χ4n) is 2.16. The first-order valence-electron chi connectivity index (χ1n) is 6.06. The number of morpholine rings is 1. The van der Waals surface area contributed by atoms with E-state index >= 15 is 0 Å². The van der Waals surface area contributed by atoms with Crippen LogP contribution in [0.1, 0.15) is 0 Å². The number of nitrogens with zero attached hydrogens (tertiary/aromatic N) is 2. The van der Waals surface area contributed by atoms with E-state index in [0.29, 0.717) is 23.9 Å². The summed E-state index contributed by atoms with van der Waals surface area (Å²) in [5, 5.41) is 14.6. The average molecular weight is 286 g/mol. The molecule has 1 aromatic carbocycles. The summed E-state index contributed by atoms with van der Waals surface area (Å²) in [6.07, 6.45) is 0.00891. The zero-order chi connectivity index (χ0) is 13.8. The number of nitro groups is 1. The Labute approximate surface area is 116 Å². The molecule has 0 bridgehead atoms. The van der Waals surface area contributed by atoms with Crippen LogP contribution in [0.15, 0.2) is 18.2 Å². The molecule has 0 spiro atoms. The third-order valence-corrected chi connectivity index (χ3v) is 3.33. The van der Waals surface area contributed by atoms with Gasteiger partial charge in [0.25, 0.3) is 5.69 Å². The summed E-state index contributed by atoms with van der Waals surface area (Å²) >= 11 is 6.08. The van der Waals surface area contributed by atoms with E-state index in [1.165, 1.54) is 6.07 Å². The lowest BCUT2D eigenvalue weighted by Gasteiger charge is -2.29. The maximum atomic E-state index is 11.0. The Morgan fingerprint density at radius 2 is 2.42 bits per heavy atom. The van der Waals surface area contributed by atoms with Crippen LogP contribution >= 0.6 is 11.6 Å². The van der Waals surface area contributed by atoms with Gasteiger partial charge in [-0.25, -0.2) is 0 Å². The van der Waals surface area contributed by atoms with Crippen LogP contribution in [0.25, 0.3) is 0 Å². The SMILES string of the molecule is CN(CC1CNCCO1)c1c(Cl)cccc1[N+](=O)[O-]. The van der Waals surface area contributed by atoms with Crippen molar-refractivity contribution >= 4 is 23.0 Å². The fraction of sp³-hybridized carbons (Fsp3) is 0.500. The minimum Gasteiger partial charge on any atom is -0.374 e. The quantitative estimate of drug-likeness (QED) is 0.673. The van der Waals surface area contributed by atoms with Gasteiger partial charge in [0.1, 0.15) is 5.69 Å². The molecule has 1 saturated heterocycles. The first-order chi connectivity index (χ1) is 9.09. The predicted octanol–water partition coefficient (Wildman–Crippen LogP) is 1.67. The second kappa shape index (κ2) is 6.18. The van der Waals surface area contributed by atoms with E-state index in [-0.39, 0.29) is 11.8 Å². The van der Waals surface area contributed by atoms with Crippen molar-refractivity contribution in [1.82, 2.24) is 5.32 Å². The number of likely N-dealkylation sites (N-methyl/N-ethyl adjacent to an activating group) is 1. The highest BCUT2D eigenvalue weighted by molar-refractivity contribution is 6.33. The molecule has 1 atom stereocenters. The van der Waals surface area contributed by atoms with Crippen LogP contribution in [0.2, 0.25) is 5.02 Å². The van der Waals surface area contributed by atoms with Crippen LogP contribution in [0.3, 0.4) is 0 Å². The Morgan fingerprint density at radius 3 is 3.05 bits per heavy atom. The summed E-state index contributed by atoms with van der Waals surface area (Å²) in [5.41, 5.74) is 0.446. The molecule has 7 heteroatoms. The zero-order valence-corrected chi connectivity index (χ0v) is 11.4. The van der Waals surface area contributed by atoms with Crippen molar-refractivity contribution in [3.8, 4) is 0 Å². The second-order valence-corrected chi connectivity index (χ2v) is 4.85. The van der Waals surface area contributed by atoms with Gasteiger partial charge in [0, 0.05) is 32.7 Å². The van der Waals surface area contributed by atoms with Gasteiger partial charge < -0.3 is 15.0 Å². The van der Waals surface area contributed by atoms with Crippen LogP contribution < -0.4 is 10.2 Å². The number of rotatable bonds is 4. The number of hydrogen-bond acceptors (Lipinski definition) is 5. The molecule has 1 aromatic rings. The maximum Gasteiger partial charge on any atom is 0.294 e. The molecule has 1 aliphatic heterocycles. The number of para-hydroxylation sites is 1. The molecule has 1 fully saturated rings. The van der Waals surface area contributed by atoms with Crippen LogP contribution in [-0.2, 0) is 4.74 Å². The number of halogens is 1. The van der Waals surface area contributed by atoms with E-state index in [1.807, 2.05) is 0 Å². The third kappa shape index (κ3) is 3.34. The molecule has 2 rings (SSSR count). The van der Waals surface area contributed by atoms with Crippen molar-refractivity contribution in [2.45, 2.75) is 6.10 Å². The van der Waals surface area contributed by atoms with E-state index in [4.69, 9.17) is 16.3 Å². The smallest absolute Gasteiger partial charge is 0.294 e. The molecule has 104 valence electrons. The lowest BCUT2D eigenvalue weighted by atomic mass is 10.2. The second-order valence-electron chi connectivity index (χ2n) is 4.44. The van der Waals surface area contributed by atoms with E-state index in [1.54, 1.807) is 24.1 Å². The molecule has 19 heavy (non-hydrogen) atoms. The average Bonchev–Trinajstić information content (AvgIpc) is 2.39. The highest BCUT2D eigenvalue weighted by Gasteiger charge is 2.23. The van der Waals surface area contributed by atoms with Gasteiger partial charge in [-0.05, 0) is 6.07 Å². The molecule has 0 radical (unpaired) electrons. The summed E-state index contributed by atoms with van der Waals surface area (Å²) in [6, 6.07) is 4.69. The number of ether oxygens (including phenoxy) is 1. The van der Waals surface area contributed by atoms with Crippen LogP contribution in [0.5, 0.6) is 0 Å². The number of nitro benzene ring substituents is 1. The van der Waals surface area contributed by atoms with Crippen LogP contribution in [0.4, 0.5) is 11.4 Å². The van der Waals surface area contributed by atoms with Crippen molar-refractivity contribution in [2.75, 3.05) is 38.2 Å². The van der Waals surface area contributed by atoms with Gasteiger partial charge in [-0.3, -0.25) is 10.1 Å². The monoisotopic (exact) mass is 285 g/mol. The molecule has 1 aliphatic rings. The summed E-state index contributed by atoms with van der Waals surface area (Å²) in [6.45, 7) is 2.79. The topological polar surface area (TPSA) is 67.6 Å². The summed E-state index contributed by atoms with van der Waals surface area (Å²) in [5.74, 6) is 0. The van der Waals surface area contributed by atoms with E-state index in [2.05, 4.69) is 5.32 Å². The highest BCUT2D eigenvalue weighted by Crippen LogP contribution is 2.34. The molecular formula is C12H16ClN3O3. The molecule has 0 aromatic heterocycles. The maximum absolute atomic E-state index is 11.0. The molecule has 1 unspecified atom stereocenters.